The highest BCUT2D eigenvalue weighted by atomic mass is 16.5. The van der Waals surface area contributed by atoms with Crippen molar-refractivity contribution in [2.45, 2.75) is 19.3 Å². The largest absolute Gasteiger partial charge is 0.493 e. The Balaban J connectivity index is 1.83. The van der Waals surface area contributed by atoms with Crippen molar-refractivity contribution < 1.29 is 19.0 Å². The number of benzene rings is 1. The van der Waals surface area contributed by atoms with Gasteiger partial charge in [0.15, 0.2) is 11.5 Å². The van der Waals surface area contributed by atoms with Crippen molar-refractivity contribution >= 4 is 5.91 Å². The van der Waals surface area contributed by atoms with Crippen LogP contribution in [0.4, 0.5) is 0 Å². The second kappa shape index (κ2) is 8.62. The van der Waals surface area contributed by atoms with Crippen molar-refractivity contribution in [2.75, 3.05) is 41.0 Å². The molecule has 0 atom stereocenters. The molecule has 0 unspecified atom stereocenters. The molecule has 1 aromatic rings. The third-order valence-corrected chi connectivity index (χ3v) is 3.92. The summed E-state index contributed by atoms with van der Waals surface area (Å²) in [5.74, 6) is 2.64. The maximum Gasteiger partial charge on any atom is 0.233 e. The predicted octanol–water partition coefficient (Wildman–Crippen LogP) is 1.37. The van der Waals surface area contributed by atoms with Gasteiger partial charge in [-0.1, -0.05) is 6.07 Å². The van der Waals surface area contributed by atoms with E-state index in [-0.39, 0.29) is 5.91 Å². The van der Waals surface area contributed by atoms with Crippen LogP contribution in [0, 0.1) is 5.92 Å². The summed E-state index contributed by atoms with van der Waals surface area (Å²) in [7, 11) is 4.77. The van der Waals surface area contributed by atoms with Crippen LogP contribution in [0.15, 0.2) is 12.1 Å². The van der Waals surface area contributed by atoms with Crippen LogP contribution in [0.2, 0.25) is 0 Å². The van der Waals surface area contributed by atoms with Crippen molar-refractivity contribution in [1.82, 2.24) is 10.6 Å². The lowest BCUT2D eigenvalue weighted by atomic mass is 10.1. The van der Waals surface area contributed by atoms with Crippen LogP contribution in [-0.4, -0.2) is 46.9 Å². The molecule has 0 aromatic heterocycles. The summed E-state index contributed by atoms with van der Waals surface area (Å²) in [5, 5.41) is 6.09. The molecule has 6 heteroatoms. The highest BCUT2D eigenvalue weighted by molar-refractivity contribution is 5.78. The maximum absolute atomic E-state index is 11.8. The Labute approximate surface area is 137 Å². The van der Waals surface area contributed by atoms with E-state index in [0.29, 0.717) is 36.8 Å². The number of nitrogens with one attached hydrogen (secondary N) is 2. The van der Waals surface area contributed by atoms with Gasteiger partial charge < -0.3 is 24.8 Å². The SMILES string of the molecule is COc1ccc(CCNC(=O)CNCC2CC2)c(OC)c1OC. The average Bonchev–Trinajstić information content (AvgIpc) is 3.38. The molecule has 1 fully saturated rings. The van der Waals surface area contributed by atoms with Crippen LogP contribution in [0.1, 0.15) is 18.4 Å². The molecule has 0 spiro atoms. The van der Waals surface area contributed by atoms with Gasteiger partial charge in [0, 0.05) is 12.1 Å². The Hall–Kier alpha value is -1.95. The number of hydrogen-bond acceptors (Lipinski definition) is 5. The molecular weight excluding hydrogens is 296 g/mol. The zero-order valence-electron chi connectivity index (χ0n) is 14.1. The Morgan fingerprint density at radius 1 is 1.13 bits per heavy atom. The van der Waals surface area contributed by atoms with Gasteiger partial charge in [0.05, 0.1) is 27.9 Å². The summed E-state index contributed by atoms with van der Waals surface area (Å²) in [5.41, 5.74) is 0.969. The van der Waals surface area contributed by atoms with E-state index in [1.54, 1.807) is 21.3 Å². The first kappa shape index (κ1) is 17.4. The highest BCUT2D eigenvalue weighted by Gasteiger charge is 2.20. The van der Waals surface area contributed by atoms with E-state index in [9.17, 15) is 4.79 Å². The van der Waals surface area contributed by atoms with Crippen molar-refractivity contribution in [1.29, 1.82) is 0 Å². The zero-order valence-corrected chi connectivity index (χ0v) is 14.1. The average molecular weight is 322 g/mol. The van der Waals surface area contributed by atoms with Crippen molar-refractivity contribution in [3.8, 4) is 17.2 Å². The Morgan fingerprint density at radius 2 is 1.87 bits per heavy atom. The molecule has 0 radical (unpaired) electrons. The van der Waals surface area contributed by atoms with Crippen LogP contribution < -0.4 is 24.8 Å². The molecule has 128 valence electrons. The molecule has 0 aliphatic heterocycles. The lowest BCUT2D eigenvalue weighted by molar-refractivity contribution is -0.120. The smallest absolute Gasteiger partial charge is 0.233 e. The van der Waals surface area contributed by atoms with Gasteiger partial charge in [-0.05, 0) is 37.8 Å². The lowest BCUT2D eigenvalue weighted by Crippen LogP contribution is -2.35. The third-order valence-electron chi connectivity index (χ3n) is 3.92. The van der Waals surface area contributed by atoms with E-state index in [4.69, 9.17) is 14.2 Å². The number of methoxy groups -OCH3 is 3. The second-order valence-electron chi connectivity index (χ2n) is 5.67. The van der Waals surface area contributed by atoms with Crippen LogP contribution in [0.25, 0.3) is 0 Å². The molecule has 6 nitrogen and oxygen atoms in total. The molecule has 1 aliphatic rings. The standard InChI is InChI=1S/C17H26N2O4/c1-21-14-7-6-13(16(22-2)17(14)23-3)8-9-19-15(20)11-18-10-12-4-5-12/h6-7,12,18H,4-5,8-11H2,1-3H3,(H,19,20). The maximum atomic E-state index is 11.8. The first-order valence-corrected chi connectivity index (χ1v) is 7.94. The van der Waals surface area contributed by atoms with E-state index < -0.39 is 0 Å². The fourth-order valence-electron chi connectivity index (χ4n) is 2.47. The fourth-order valence-corrected chi connectivity index (χ4v) is 2.47. The summed E-state index contributed by atoms with van der Waals surface area (Å²) in [6.07, 6.45) is 3.24. The quantitative estimate of drug-likeness (QED) is 0.681. The molecule has 0 bridgehead atoms. The van der Waals surface area contributed by atoms with Crippen molar-refractivity contribution in [3.05, 3.63) is 17.7 Å². The van der Waals surface area contributed by atoms with Gasteiger partial charge >= 0.3 is 0 Å². The molecule has 23 heavy (non-hydrogen) atoms. The number of ether oxygens (including phenoxy) is 3. The molecule has 0 heterocycles. The minimum absolute atomic E-state index is 0.0186. The first-order valence-electron chi connectivity index (χ1n) is 7.94. The molecule has 0 saturated heterocycles. The lowest BCUT2D eigenvalue weighted by Gasteiger charge is -2.16. The van der Waals surface area contributed by atoms with Crippen LogP contribution >= 0.6 is 0 Å². The second-order valence-corrected chi connectivity index (χ2v) is 5.67. The van der Waals surface area contributed by atoms with Crippen LogP contribution in [-0.2, 0) is 11.2 Å². The summed E-state index contributed by atoms with van der Waals surface area (Å²) < 4.78 is 16.1. The van der Waals surface area contributed by atoms with Gasteiger partial charge in [0.25, 0.3) is 0 Å². The molecule has 1 saturated carbocycles. The van der Waals surface area contributed by atoms with Crippen LogP contribution in [0.5, 0.6) is 17.2 Å². The van der Waals surface area contributed by atoms with E-state index in [0.717, 1.165) is 18.0 Å². The Morgan fingerprint density at radius 3 is 2.48 bits per heavy atom. The number of carbonyl (C=O) groups is 1. The van der Waals surface area contributed by atoms with Crippen molar-refractivity contribution in [2.24, 2.45) is 5.92 Å². The van der Waals surface area contributed by atoms with Crippen molar-refractivity contribution in [3.63, 3.8) is 0 Å². The molecular formula is C17H26N2O4. The summed E-state index contributed by atoms with van der Waals surface area (Å²) >= 11 is 0. The molecule has 1 amide bonds. The normalized spacial score (nSPS) is 13.5. The van der Waals surface area contributed by atoms with Gasteiger partial charge in [-0.2, -0.15) is 0 Å². The number of rotatable bonds is 10. The molecule has 1 aromatic carbocycles. The van der Waals surface area contributed by atoms with Gasteiger partial charge in [-0.25, -0.2) is 0 Å². The molecule has 1 aliphatic carbocycles. The minimum atomic E-state index is 0.0186. The van der Waals surface area contributed by atoms with Crippen LogP contribution in [0.3, 0.4) is 0 Å². The predicted molar refractivity (Wildman–Crippen MR) is 88.4 cm³/mol. The van der Waals surface area contributed by atoms with E-state index in [2.05, 4.69) is 10.6 Å². The van der Waals surface area contributed by atoms with Gasteiger partial charge in [-0.15, -0.1) is 0 Å². The van der Waals surface area contributed by atoms with Gasteiger partial charge in [0.1, 0.15) is 0 Å². The molecule has 2 rings (SSSR count). The minimum Gasteiger partial charge on any atom is -0.493 e. The molecule has 2 N–H and O–H groups in total. The monoisotopic (exact) mass is 322 g/mol. The third kappa shape index (κ3) is 5.03. The number of carbonyl (C=O) groups excluding carboxylic acids is 1. The van der Waals surface area contributed by atoms with E-state index in [1.807, 2.05) is 12.1 Å². The summed E-state index contributed by atoms with van der Waals surface area (Å²) in [6, 6.07) is 3.77. The van der Waals surface area contributed by atoms with Gasteiger partial charge in [0.2, 0.25) is 11.7 Å². The Bertz CT molecular complexity index is 530. The van der Waals surface area contributed by atoms with E-state index in [1.165, 1.54) is 12.8 Å². The first-order chi connectivity index (χ1) is 11.2. The Kier molecular flexibility index (Phi) is 6.52. The highest BCUT2D eigenvalue weighted by Crippen LogP contribution is 2.39. The zero-order chi connectivity index (χ0) is 16.7. The summed E-state index contributed by atoms with van der Waals surface area (Å²) in [6.45, 7) is 1.87. The van der Waals surface area contributed by atoms with E-state index >= 15 is 0 Å². The number of hydrogen-bond donors (Lipinski definition) is 2. The topological polar surface area (TPSA) is 68.8 Å². The fraction of sp³-hybridized carbons (Fsp3) is 0.588. The summed E-state index contributed by atoms with van der Waals surface area (Å²) in [4.78, 5) is 11.8. The van der Waals surface area contributed by atoms with Gasteiger partial charge in [-0.3, -0.25) is 4.79 Å². The number of amides is 1.